The van der Waals surface area contributed by atoms with E-state index in [1.807, 2.05) is 25.1 Å². The third-order valence-corrected chi connectivity index (χ3v) is 3.07. The Morgan fingerprint density at radius 3 is 2.67 bits per heavy atom. The number of benzene rings is 1. The summed E-state index contributed by atoms with van der Waals surface area (Å²) in [6.07, 6.45) is 1.51. The first-order chi connectivity index (χ1) is 8.66. The molecule has 0 fully saturated rings. The Morgan fingerprint density at radius 1 is 1.17 bits per heavy atom. The van der Waals surface area contributed by atoms with Gasteiger partial charge in [0.25, 0.3) is 0 Å². The van der Waals surface area contributed by atoms with Gasteiger partial charge in [0.05, 0.1) is 11.8 Å². The molecule has 1 aromatic carbocycles. The van der Waals surface area contributed by atoms with Gasteiger partial charge < -0.3 is 8.83 Å². The summed E-state index contributed by atoms with van der Waals surface area (Å²) in [5.74, 6) is 0.817. The molecule has 3 heteroatoms. The van der Waals surface area contributed by atoms with Crippen molar-refractivity contribution in [2.75, 3.05) is 0 Å². The van der Waals surface area contributed by atoms with Crippen LogP contribution in [0.4, 0.5) is 0 Å². The van der Waals surface area contributed by atoms with Crippen molar-refractivity contribution in [3.8, 4) is 0 Å². The van der Waals surface area contributed by atoms with Crippen molar-refractivity contribution in [1.82, 2.24) is 0 Å². The van der Waals surface area contributed by atoms with Crippen molar-refractivity contribution < 1.29 is 13.6 Å². The predicted octanol–water partition coefficient (Wildman–Crippen LogP) is 3.87. The number of carbonyl (C=O) groups is 1. The maximum absolute atomic E-state index is 12.3. The summed E-state index contributed by atoms with van der Waals surface area (Å²) in [6.45, 7) is 3.73. The second-order valence-corrected chi connectivity index (χ2v) is 4.32. The normalized spacial score (nSPS) is 11.0. The maximum Gasteiger partial charge on any atom is 0.231 e. The van der Waals surface area contributed by atoms with Crippen LogP contribution in [0, 0.1) is 13.8 Å². The number of rotatable bonds is 2. The van der Waals surface area contributed by atoms with Gasteiger partial charge in [-0.1, -0.05) is 18.2 Å². The molecular weight excluding hydrogens is 228 g/mol. The van der Waals surface area contributed by atoms with Gasteiger partial charge >= 0.3 is 0 Å². The number of hydrogen-bond donors (Lipinski definition) is 0. The summed E-state index contributed by atoms with van der Waals surface area (Å²) in [5, 5.41) is 0.944. The van der Waals surface area contributed by atoms with E-state index in [0.717, 1.165) is 16.5 Å². The minimum atomic E-state index is -0.142. The third kappa shape index (κ3) is 1.56. The fourth-order valence-electron chi connectivity index (χ4n) is 2.07. The molecule has 0 spiro atoms. The SMILES string of the molecule is Cc1occc1C(=O)c1cc2cccc(C)c2o1. The van der Waals surface area contributed by atoms with Gasteiger partial charge in [0, 0.05) is 5.39 Å². The lowest BCUT2D eigenvalue weighted by molar-refractivity contribution is 0.101. The van der Waals surface area contributed by atoms with Crippen LogP contribution in [0.15, 0.2) is 45.4 Å². The quantitative estimate of drug-likeness (QED) is 0.638. The molecule has 0 atom stereocenters. The van der Waals surface area contributed by atoms with Gasteiger partial charge in [0.2, 0.25) is 5.78 Å². The van der Waals surface area contributed by atoms with E-state index < -0.39 is 0 Å². The molecule has 2 aromatic heterocycles. The van der Waals surface area contributed by atoms with Gasteiger partial charge in [0.15, 0.2) is 5.76 Å². The molecule has 18 heavy (non-hydrogen) atoms. The summed E-state index contributed by atoms with van der Waals surface area (Å²) >= 11 is 0. The molecule has 0 aliphatic heterocycles. The van der Waals surface area contributed by atoms with E-state index in [4.69, 9.17) is 8.83 Å². The van der Waals surface area contributed by atoms with Crippen molar-refractivity contribution in [1.29, 1.82) is 0 Å². The number of hydrogen-bond acceptors (Lipinski definition) is 3. The van der Waals surface area contributed by atoms with Crippen LogP contribution < -0.4 is 0 Å². The summed E-state index contributed by atoms with van der Waals surface area (Å²) in [7, 11) is 0. The molecule has 90 valence electrons. The zero-order valence-corrected chi connectivity index (χ0v) is 10.2. The van der Waals surface area contributed by atoms with Crippen LogP contribution >= 0.6 is 0 Å². The Hall–Kier alpha value is -2.29. The number of furan rings is 2. The van der Waals surface area contributed by atoms with E-state index >= 15 is 0 Å². The molecule has 0 radical (unpaired) electrons. The highest BCUT2D eigenvalue weighted by Gasteiger charge is 2.18. The second-order valence-electron chi connectivity index (χ2n) is 4.32. The standard InChI is InChI=1S/C15H12O3/c1-9-4-3-5-11-8-13(18-15(9)11)14(16)12-6-7-17-10(12)2/h3-8H,1-2H3. The largest absolute Gasteiger partial charge is 0.469 e. The fraction of sp³-hybridized carbons (Fsp3) is 0.133. The Bertz CT molecular complexity index is 731. The van der Waals surface area contributed by atoms with Gasteiger partial charge in [-0.3, -0.25) is 4.79 Å². The van der Waals surface area contributed by atoms with Crippen LogP contribution in [0.25, 0.3) is 11.0 Å². The Morgan fingerprint density at radius 2 is 2.00 bits per heavy atom. The minimum Gasteiger partial charge on any atom is -0.469 e. The smallest absolute Gasteiger partial charge is 0.231 e. The van der Waals surface area contributed by atoms with Gasteiger partial charge in [0.1, 0.15) is 11.3 Å². The topological polar surface area (TPSA) is 43.4 Å². The Balaban J connectivity index is 2.13. The molecule has 3 rings (SSSR count). The van der Waals surface area contributed by atoms with E-state index in [1.165, 1.54) is 6.26 Å². The number of carbonyl (C=O) groups excluding carboxylic acids is 1. The molecule has 0 aliphatic carbocycles. The third-order valence-electron chi connectivity index (χ3n) is 3.07. The first kappa shape index (κ1) is 10.8. The Kier molecular flexibility index (Phi) is 2.33. The molecule has 0 unspecified atom stereocenters. The summed E-state index contributed by atoms with van der Waals surface area (Å²) in [6, 6.07) is 9.29. The van der Waals surface area contributed by atoms with E-state index in [-0.39, 0.29) is 5.78 Å². The monoisotopic (exact) mass is 240 g/mol. The van der Waals surface area contributed by atoms with Crippen LogP contribution in [-0.2, 0) is 0 Å². The molecule has 3 nitrogen and oxygen atoms in total. The summed E-state index contributed by atoms with van der Waals surface area (Å²) < 4.78 is 10.8. The predicted molar refractivity (Wildman–Crippen MR) is 67.8 cm³/mol. The minimum absolute atomic E-state index is 0.142. The second kappa shape index (κ2) is 3.88. The number of fused-ring (bicyclic) bond motifs is 1. The lowest BCUT2D eigenvalue weighted by Gasteiger charge is -1.94. The molecule has 2 heterocycles. The number of ketones is 1. The molecule has 0 saturated heterocycles. The van der Waals surface area contributed by atoms with E-state index in [1.54, 1.807) is 19.1 Å². The first-order valence-corrected chi connectivity index (χ1v) is 5.75. The average molecular weight is 240 g/mol. The van der Waals surface area contributed by atoms with Crippen molar-refractivity contribution in [3.63, 3.8) is 0 Å². The zero-order valence-electron chi connectivity index (χ0n) is 10.2. The van der Waals surface area contributed by atoms with Crippen LogP contribution in [0.2, 0.25) is 0 Å². The lowest BCUT2D eigenvalue weighted by atomic mass is 10.1. The van der Waals surface area contributed by atoms with Gasteiger partial charge in [-0.15, -0.1) is 0 Å². The van der Waals surface area contributed by atoms with Crippen LogP contribution in [0.1, 0.15) is 27.4 Å². The lowest BCUT2D eigenvalue weighted by Crippen LogP contribution is -1.99. The highest BCUT2D eigenvalue weighted by Crippen LogP contribution is 2.25. The average Bonchev–Trinajstić information content (AvgIpc) is 2.95. The molecule has 0 N–H and O–H groups in total. The maximum atomic E-state index is 12.3. The van der Waals surface area contributed by atoms with E-state index in [0.29, 0.717) is 17.1 Å². The van der Waals surface area contributed by atoms with Crippen LogP contribution in [0.3, 0.4) is 0 Å². The molecule has 0 saturated carbocycles. The Labute approximate surface area is 104 Å². The van der Waals surface area contributed by atoms with E-state index in [2.05, 4.69) is 0 Å². The number of aryl methyl sites for hydroxylation is 2. The zero-order chi connectivity index (χ0) is 12.7. The van der Waals surface area contributed by atoms with Gasteiger partial charge in [-0.25, -0.2) is 0 Å². The fourth-order valence-corrected chi connectivity index (χ4v) is 2.07. The van der Waals surface area contributed by atoms with Gasteiger partial charge in [-0.2, -0.15) is 0 Å². The molecule has 0 aliphatic rings. The highest BCUT2D eigenvalue weighted by molar-refractivity contribution is 6.09. The summed E-state index contributed by atoms with van der Waals surface area (Å²) in [5.41, 5.74) is 2.34. The van der Waals surface area contributed by atoms with E-state index in [9.17, 15) is 4.79 Å². The highest BCUT2D eigenvalue weighted by atomic mass is 16.3. The molecule has 0 bridgehead atoms. The van der Waals surface area contributed by atoms with Crippen molar-refractivity contribution in [2.24, 2.45) is 0 Å². The van der Waals surface area contributed by atoms with Gasteiger partial charge in [-0.05, 0) is 31.5 Å². The molecule has 3 aromatic rings. The van der Waals surface area contributed by atoms with Crippen molar-refractivity contribution in [2.45, 2.75) is 13.8 Å². The van der Waals surface area contributed by atoms with Crippen LogP contribution in [-0.4, -0.2) is 5.78 Å². The molecular formula is C15H12O3. The summed E-state index contributed by atoms with van der Waals surface area (Å²) in [4.78, 5) is 12.3. The van der Waals surface area contributed by atoms with Crippen molar-refractivity contribution >= 4 is 16.8 Å². The van der Waals surface area contributed by atoms with Crippen LogP contribution in [0.5, 0.6) is 0 Å². The number of para-hydroxylation sites is 1. The first-order valence-electron chi connectivity index (χ1n) is 5.75. The van der Waals surface area contributed by atoms with Crippen molar-refractivity contribution in [3.05, 3.63) is 59.2 Å². The molecule has 0 amide bonds.